The van der Waals surface area contributed by atoms with Gasteiger partial charge in [-0.1, -0.05) is 156 Å². The number of rotatable bonds is 40. The lowest BCUT2D eigenvalue weighted by Crippen LogP contribution is -3.00. The summed E-state index contributed by atoms with van der Waals surface area (Å²) in [6, 6.07) is 36.2. The molecule has 0 unspecified atom stereocenters. The standard InChI is InChI=1S/C60H96N4O4P.3I2.HI/c1-9-13-17-21-25-29-49-61(53-33-41-57(65-5)42-34-53)69(62(50-30-26-22-18-14-10-2)54-35-43-58(66-6)44-36-54,63(51-31-27-23-19-15-11-3)55-37-45-59(67-7)46-38-55)64(52-32-28-24-20-16-12-4)56-39-47-60(68-8)48-40-56;3*1-2;/h33-48H,9-32,49-52H2,1-8H3;;;;1H/q+1;;;;/p-1. The van der Waals surface area contributed by atoms with Crippen LogP contribution in [0.3, 0.4) is 0 Å². The first-order valence-corrected chi connectivity index (χ1v) is 48.4. The third-order valence-corrected chi connectivity index (χ3v) is 18.0. The first-order valence-electron chi connectivity index (χ1n) is 28.0. The van der Waals surface area contributed by atoms with Crippen molar-refractivity contribution in [1.82, 2.24) is 0 Å². The third-order valence-electron chi connectivity index (χ3n) is 13.7. The molecule has 434 valence electrons. The van der Waals surface area contributed by atoms with Gasteiger partial charge in [0, 0.05) is 112 Å². The Kier molecular flexibility index (Phi) is 52.0. The number of anilines is 4. The minimum Gasteiger partial charge on any atom is -1.00 e. The van der Waals surface area contributed by atoms with E-state index in [1.807, 2.05) is 0 Å². The van der Waals surface area contributed by atoms with Crippen LogP contribution in [0.1, 0.15) is 182 Å². The Morgan fingerprint density at radius 2 is 0.434 bits per heavy atom. The average molecular weight is 1860 g/mol. The van der Waals surface area contributed by atoms with Crippen molar-refractivity contribution in [2.45, 2.75) is 182 Å². The van der Waals surface area contributed by atoms with E-state index in [1.54, 1.807) is 28.4 Å². The number of halogens is 7. The molecule has 4 aromatic rings. The molecule has 0 aliphatic heterocycles. The molecule has 76 heavy (non-hydrogen) atoms. The maximum Gasteiger partial charge on any atom is 0.405 e. The van der Waals surface area contributed by atoms with Gasteiger partial charge in [0.2, 0.25) is 0 Å². The average Bonchev–Trinajstić information content (AvgIpc) is 3.48. The molecular weight excluding hydrogens is 1760 g/mol. The van der Waals surface area contributed by atoms with E-state index >= 15 is 0 Å². The van der Waals surface area contributed by atoms with Crippen molar-refractivity contribution < 1.29 is 42.9 Å². The van der Waals surface area contributed by atoms with Gasteiger partial charge >= 0.3 is 7.87 Å². The Hall–Kier alpha value is 0.820. The minimum atomic E-state index is -2.99. The van der Waals surface area contributed by atoms with Gasteiger partial charge < -0.3 is 42.9 Å². The number of benzene rings is 4. The topological polar surface area (TPSA) is 49.9 Å². The van der Waals surface area contributed by atoms with E-state index in [9.17, 15) is 0 Å². The smallest absolute Gasteiger partial charge is 0.405 e. The molecule has 0 spiro atoms. The summed E-state index contributed by atoms with van der Waals surface area (Å²) >= 11 is 12.7. The van der Waals surface area contributed by atoms with Gasteiger partial charge in [-0.2, -0.15) is 18.7 Å². The van der Waals surface area contributed by atoms with Gasteiger partial charge in [-0.15, -0.1) is 0 Å². The Bertz CT molecular complexity index is 1620. The Morgan fingerprint density at radius 1 is 0.276 bits per heavy atom. The summed E-state index contributed by atoms with van der Waals surface area (Å²) in [6.07, 6.45) is 29.3. The van der Waals surface area contributed by atoms with Gasteiger partial charge in [0.05, 0.1) is 77.4 Å². The van der Waals surface area contributed by atoms with Gasteiger partial charge in [-0.25, -0.2) is 0 Å². The SMILES string of the molecule is CCCCCCCCN(c1ccc(OC)cc1)[P+](N(CCCCCCCC)c1ccc(OC)cc1)(N(CCCCCCCC)c1ccc(OC)cc1)N(CCCCCCCC)c1ccc(OC)cc1.II.II.II.[I-]. The lowest BCUT2D eigenvalue weighted by Gasteiger charge is -2.53. The van der Waals surface area contributed by atoms with Crippen LogP contribution in [-0.4, -0.2) is 54.6 Å². The molecule has 0 N–H and O–H groups in total. The number of unbranched alkanes of at least 4 members (excludes halogenated alkanes) is 20. The summed E-state index contributed by atoms with van der Waals surface area (Å²) in [7, 11) is 4.13. The predicted molar refractivity (Wildman–Crippen MR) is 386 cm³/mol. The molecule has 0 bridgehead atoms. The molecule has 0 heterocycles. The van der Waals surface area contributed by atoms with Gasteiger partial charge in [-0.05, 0) is 123 Å². The molecule has 0 saturated carbocycles. The molecule has 0 aromatic heterocycles. The minimum absolute atomic E-state index is 0. The fourth-order valence-corrected chi connectivity index (χ4v) is 14.6. The van der Waals surface area contributed by atoms with Crippen LogP contribution in [0, 0.1) is 0 Å². The molecule has 0 amide bonds. The van der Waals surface area contributed by atoms with E-state index in [0.717, 1.165) is 74.9 Å². The number of hydrogen-bond donors (Lipinski definition) is 0. The molecule has 16 heteroatoms. The zero-order valence-electron chi connectivity index (χ0n) is 47.6. The van der Waals surface area contributed by atoms with Crippen molar-refractivity contribution >= 4 is 142 Å². The van der Waals surface area contributed by atoms with E-state index in [0.29, 0.717) is 0 Å². The van der Waals surface area contributed by atoms with E-state index in [2.05, 4.69) is 255 Å². The van der Waals surface area contributed by atoms with Crippen molar-refractivity contribution in [3.8, 4) is 23.0 Å². The van der Waals surface area contributed by atoms with Crippen LogP contribution in [0.15, 0.2) is 97.1 Å². The van der Waals surface area contributed by atoms with Crippen LogP contribution in [0.5, 0.6) is 23.0 Å². The summed E-state index contributed by atoms with van der Waals surface area (Å²) in [5.74, 6) is 3.50. The quantitative estimate of drug-likeness (QED) is 0.0248. The Morgan fingerprint density at radius 3 is 0.592 bits per heavy atom. The van der Waals surface area contributed by atoms with Crippen molar-refractivity contribution in [1.29, 1.82) is 0 Å². The number of hydrogen-bond acceptors (Lipinski definition) is 8. The van der Waals surface area contributed by atoms with Gasteiger partial charge in [0.15, 0.2) is 0 Å². The molecule has 4 aromatic carbocycles. The van der Waals surface area contributed by atoms with E-state index < -0.39 is 7.87 Å². The van der Waals surface area contributed by atoms with Crippen LogP contribution < -0.4 is 61.6 Å². The van der Waals surface area contributed by atoms with Gasteiger partial charge in [0.1, 0.15) is 23.0 Å². The van der Waals surface area contributed by atoms with Crippen LogP contribution in [0.25, 0.3) is 0 Å². The van der Waals surface area contributed by atoms with Gasteiger partial charge in [0.25, 0.3) is 0 Å². The molecule has 0 aliphatic rings. The second-order valence-corrected chi connectivity index (χ2v) is 21.9. The Balaban J connectivity index is 0.00000774. The monoisotopic (exact) mass is 1860 g/mol. The largest absolute Gasteiger partial charge is 1.00 e. The molecular formula is C60H96I7N4O4P. The van der Waals surface area contributed by atoms with Crippen LogP contribution in [0.2, 0.25) is 0 Å². The second kappa shape index (κ2) is 51.5. The van der Waals surface area contributed by atoms with Crippen molar-refractivity contribution in [2.75, 3.05) is 73.3 Å². The zero-order valence-corrected chi connectivity index (χ0v) is 63.5. The first kappa shape index (κ1) is 76.8. The third kappa shape index (κ3) is 27.9. The summed E-state index contributed by atoms with van der Waals surface area (Å²) in [6.45, 7) is 12.9. The highest BCUT2D eigenvalue weighted by molar-refractivity contribution is 15.0. The van der Waals surface area contributed by atoms with Crippen LogP contribution in [0.4, 0.5) is 22.7 Å². The Labute approximate surface area is 552 Å². The molecule has 4 rings (SSSR count). The highest BCUT2D eigenvalue weighted by atomic mass is 128. The summed E-state index contributed by atoms with van der Waals surface area (Å²) < 4.78 is 35.2. The van der Waals surface area contributed by atoms with Crippen LogP contribution in [-0.2, 0) is 0 Å². The number of methoxy groups -OCH3 is 4. The molecule has 0 atom stereocenters. The predicted octanol–water partition coefficient (Wildman–Crippen LogP) is 20.5. The highest BCUT2D eigenvalue weighted by Crippen LogP contribution is 2.74. The molecule has 0 radical (unpaired) electrons. The molecule has 0 fully saturated rings. The molecule has 0 aliphatic carbocycles. The van der Waals surface area contributed by atoms with Crippen molar-refractivity contribution in [3.63, 3.8) is 0 Å². The second-order valence-electron chi connectivity index (χ2n) is 18.9. The molecule has 0 saturated heterocycles. The lowest BCUT2D eigenvalue weighted by molar-refractivity contribution is -0.0000160. The zero-order chi connectivity index (χ0) is 55.4. The fourth-order valence-electron chi connectivity index (χ4n) is 9.64. The normalized spacial score (nSPS) is 10.6. The molecule has 8 nitrogen and oxygen atoms in total. The summed E-state index contributed by atoms with van der Waals surface area (Å²) in [5.41, 5.74) is 4.90. The van der Waals surface area contributed by atoms with Gasteiger partial charge in [-0.3, -0.25) is 0 Å². The fraction of sp³-hybridized carbons (Fsp3) is 0.600. The summed E-state index contributed by atoms with van der Waals surface area (Å²) in [5, 5.41) is 0. The first-order chi connectivity index (χ1) is 36.9. The lowest BCUT2D eigenvalue weighted by atomic mass is 10.1. The highest BCUT2D eigenvalue weighted by Gasteiger charge is 2.63. The van der Waals surface area contributed by atoms with Crippen LogP contribution >= 0.6 is 120 Å². The summed E-state index contributed by atoms with van der Waals surface area (Å²) in [4.78, 5) is 0. The van der Waals surface area contributed by atoms with E-state index in [4.69, 9.17) is 18.9 Å². The maximum absolute atomic E-state index is 5.89. The number of ether oxygens (including phenoxy) is 4. The van der Waals surface area contributed by atoms with Crippen molar-refractivity contribution in [2.24, 2.45) is 0 Å². The number of nitrogens with zero attached hydrogens (tertiary/aromatic N) is 4. The van der Waals surface area contributed by atoms with E-state index in [-0.39, 0.29) is 24.0 Å². The van der Waals surface area contributed by atoms with Crippen molar-refractivity contribution in [3.05, 3.63) is 97.1 Å². The van der Waals surface area contributed by atoms with E-state index in [1.165, 1.54) is 151 Å². The maximum atomic E-state index is 5.89.